The molecule has 2 N–H and O–H groups in total. The first-order valence-corrected chi connectivity index (χ1v) is 5.51. The van der Waals surface area contributed by atoms with Gasteiger partial charge in [-0.25, -0.2) is 4.98 Å². The van der Waals surface area contributed by atoms with Gasteiger partial charge in [0.25, 0.3) is 0 Å². The summed E-state index contributed by atoms with van der Waals surface area (Å²) in [5.41, 5.74) is 7.41. The van der Waals surface area contributed by atoms with Crippen LogP contribution in [0.1, 0.15) is 11.8 Å². The molecular weight excluding hydrogens is 228 g/mol. The minimum atomic E-state index is -0.0384. The molecule has 1 aliphatic rings. The summed E-state index contributed by atoms with van der Waals surface area (Å²) in [4.78, 5) is 4.39. The second-order valence-electron chi connectivity index (χ2n) is 3.97. The van der Waals surface area contributed by atoms with Crippen molar-refractivity contribution in [3.63, 3.8) is 0 Å². The van der Waals surface area contributed by atoms with E-state index in [1.54, 1.807) is 12.1 Å². The number of fused-ring (bicyclic) bond motifs is 1. The molecule has 1 aromatic carbocycles. The molecule has 0 saturated carbocycles. The zero-order valence-corrected chi connectivity index (χ0v) is 9.28. The first kappa shape index (κ1) is 10.1. The topological polar surface area (TPSA) is 61.3 Å². The predicted octanol–water partition coefficient (Wildman–Crippen LogP) is 1.92. The number of rotatable bonds is 1. The van der Waals surface area contributed by atoms with Crippen molar-refractivity contribution < 1.29 is 9.15 Å². The molecule has 16 heavy (non-hydrogen) atoms. The molecule has 0 radical (unpaired) electrons. The van der Waals surface area contributed by atoms with Crippen molar-refractivity contribution in [2.24, 2.45) is 5.73 Å². The molecule has 0 spiro atoms. The first-order chi connectivity index (χ1) is 7.74. The Morgan fingerprint density at radius 1 is 1.38 bits per heavy atom. The first-order valence-electron chi connectivity index (χ1n) is 5.13. The summed E-state index contributed by atoms with van der Waals surface area (Å²) in [7, 11) is 0. The maximum absolute atomic E-state index is 5.91. The van der Waals surface area contributed by atoms with E-state index in [4.69, 9.17) is 26.5 Å². The van der Waals surface area contributed by atoms with Crippen molar-refractivity contribution >= 4 is 22.7 Å². The largest absolute Gasteiger partial charge is 0.440 e. The van der Waals surface area contributed by atoms with E-state index in [0.29, 0.717) is 24.1 Å². The van der Waals surface area contributed by atoms with Gasteiger partial charge in [0.1, 0.15) is 5.52 Å². The summed E-state index contributed by atoms with van der Waals surface area (Å²) in [6.45, 7) is 1.13. The Hall–Kier alpha value is -1.10. The molecule has 1 aromatic heterocycles. The second kappa shape index (κ2) is 3.73. The summed E-state index contributed by atoms with van der Waals surface area (Å²) in [6.07, 6.45) is 0. The van der Waals surface area contributed by atoms with Crippen LogP contribution in [0.3, 0.4) is 0 Å². The molecule has 84 valence electrons. The molecule has 2 heterocycles. The van der Waals surface area contributed by atoms with E-state index < -0.39 is 0 Å². The van der Waals surface area contributed by atoms with Gasteiger partial charge < -0.3 is 14.9 Å². The van der Waals surface area contributed by atoms with Gasteiger partial charge in [-0.05, 0) is 18.2 Å². The molecule has 3 rings (SSSR count). The Morgan fingerprint density at radius 2 is 2.25 bits per heavy atom. The van der Waals surface area contributed by atoms with E-state index in [-0.39, 0.29) is 12.0 Å². The van der Waals surface area contributed by atoms with Crippen molar-refractivity contribution in [3.8, 4) is 0 Å². The van der Waals surface area contributed by atoms with Gasteiger partial charge in [-0.2, -0.15) is 0 Å². The summed E-state index contributed by atoms with van der Waals surface area (Å²) in [6, 6.07) is 5.34. The summed E-state index contributed by atoms with van der Waals surface area (Å²) >= 11 is 5.89. The monoisotopic (exact) mass is 238 g/mol. The number of benzene rings is 1. The van der Waals surface area contributed by atoms with E-state index in [1.165, 1.54) is 0 Å². The lowest BCUT2D eigenvalue weighted by atomic mass is 10.1. The Balaban J connectivity index is 2.04. The van der Waals surface area contributed by atoms with Crippen LogP contribution >= 0.6 is 11.6 Å². The van der Waals surface area contributed by atoms with Crippen LogP contribution in [0.4, 0.5) is 0 Å². The number of nitrogens with two attached hydrogens (primary N) is 1. The molecule has 0 aliphatic carbocycles. The van der Waals surface area contributed by atoms with Crippen LogP contribution in [0.5, 0.6) is 0 Å². The van der Waals surface area contributed by atoms with E-state index >= 15 is 0 Å². The van der Waals surface area contributed by atoms with Gasteiger partial charge in [-0.15, -0.1) is 0 Å². The van der Waals surface area contributed by atoms with Gasteiger partial charge >= 0.3 is 0 Å². The molecule has 1 saturated heterocycles. The van der Waals surface area contributed by atoms with Crippen LogP contribution in [0.25, 0.3) is 11.1 Å². The molecule has 4 nitrogen and oxygen atoms in total. The third-order valence-corrected chi connectivity index (χ3v) is 3.04. The summed E-state index contributed by atoms with van der Waals surface area (Å²) < 4.78 is 10.9. The normalized spacial score (nSPS) is 25.4. The number of hydrogen-bond donors (Lipinski definition) is 1. The summed E-state index contributed by atoms with van der Waals surface area (Å²) in [5.74, 6) is 0.688. The Morgan fingerprint density at radius 3 is 3.00 bits per heavy atom. The molecule has 1 fully saturated rings. The lowest BCUT2D eigenvalue weighted by Gasteiger charge is -2.07. The maximum Gasteiger partial charge on any atom is 0.202 e. The standard InChI is InChI=1S/C11H11ClN2O2/c12-6-1-2-10-9(3-6)14-11(16-10)7-4-15-5-8(7)13/h1-3,7-8H,4-5,13H2. The van der Waals surface area contributed by atoms with E-state index in [2.05, 4.69) is 4.98 Å². The lowest BCUT2D eigenvalue weighted by Crippen LogP contribution is -2.26. The molecule has 1 aliphatic heterocycles. The van der Waals surface area contributed by atoms with Crippen LogP contribution in [-0.4, -0.2) is 24.2 Å². The fraction of sp³-hybridized carbons (Fsp3) is 0.364. The SMILES string of the molecule is NC1COCC1c1nc2cc(Cl)ccc2o1. The van der Waals surface area contributed by atoms with Gasteiger partial charge in [0, 0.05) is 11.1 Å². The second-order valence-corrected chi connectivity index (χ2v) is 4.41. The van der Waals surface area contributed by atoms with Crippen LogP contribution in [0.15, 0.2) is 22.6 Å². The van der Waals surface area contributed by atoms with Crippen LogP contribution in [0, 0.1) is 0 Å². The zero-order valence-electron chi connectivity index (χ0n) is 8.52. The molecule has 2 atom stereocenters. The van der Waals surface area contributed by atoms with Crippen molar-refractivity contribution in [3.05, 3.63) is 29.1 Å². The fourth-order valence-corrected chi connectivity index (χ4v) is 2.07. The number of oxazole rings is 1. The smallest absolute Gasteiger partial charge is 0.202 e. The minimum absolute atomic E-state index is 0.0384. The summed E-state index contributed by atoms with van der Waals surface area (Å²) in [5, 5.41) is 0.652. The highest BCUT2D eigenvalue weighted by Gasteiger charge is 2.30. The quantitative estimate of drug-likeness (QED) is 0.825. The lowest BCUT2D eigenvalue weighted by molar-refractivity contribution is 0.188. The zero-order chi connectivity index (χ0) is 11.1. The van der Waals surface area contributed by atoms with E-state index in [0.717, 1.165) is 11.1 Å². The van der Waals surface area contributed by atoms with Crippen LogP contribution in [0.2, 0.25) is 5.02 Å². The molecule has 5 heteroatoms. The Kier molecular flexibility index (Phi) is 2.35. The molecular formula is C11H11ClN2O2. The van der Waals surface area contributed by atoms with Gasteiger partial charge in [0.2, 0.25) is 5.89 Å². The average molecular weight is 239 g/mol. The Labute approximate surface area is 97.3 Å². The van der Waals surface area contributed by atoms with Crippen molar-refractivity contribution in [2.45, 2.75) is 12.0 Å². The molecule has 2 unspecified atom stereocenters. The molecule has 0 bridgehead atoms. The number of aromatic nitrogens is 1. The molecule has 2 aromatic rings. The van der Waals surface area contributed by atoms with Gasteiger partial charge in [0.15, 0.2) is 5.58 Å². The number of nitrogens with zero attached hydrogens (tertiary/aromatic N) is 1. The fourth-order valence-electron chi connectivity index (χ4n) is 1.90. The van der Waals surface area contributed by atoms with Gasteiger partial charge in [0.05, 0.1) is 19.1 Å². The van der Waals surface area contributed by atoms with Crippen molar-refractivity contribution in [1.82, 2.24) is 4.98 Å². The van der Waals surface area contributed by atoms with E-state index in [9.17, 15) is 0 Å². The van der Waals surface area contributed by atoms with Crippen molar-refractivity contribution in [1.29, 1.82) is 0 Å². The van der Waals surface area contributed by atoms with Gasteiger partial charge in [-0.1, -0.05) is 11.6 Å². The van der Waals surface area contributed by atoms with Gasteiger partial charge in [-0.3, -0.25) is 0 Å². The third-order valence-electron chi connectivity index (χ3n) is 2.81. The minimum Gasteiger partial charge on any atom is -0.440 e. The Bertz CT molecular complexity index is 526. The average Bonchev–Trinajstić information content (AvgIpc) is 2.82. The number of ether oxygens (including phenoxy) is 1. The van der Waals surface area contributed by atoms with Crippen LogP contribution < -0.4 is 5.73 Å². The third kappa shape index (κ3) is 1.59. The number of halogens is 1. The highest BCUT2D eigenvalue weighted by atomic mass is 35.5. The highest BCUT2D eigenvalue weighted by molar-refractivity contribution is 6.31. The highest BCUT2D eigenvalue weighted by Crippen LogP contribution is 2.28. The van der Waals surface area contributed by atoms with E-state index in [1.807, 2.05) is 6.07 Å². The van der Waals surface area contributed by atoms with Crippen LogP contribution in [-0.2, 0) is 4.74 Å². The maximum atomic E-state index is 5.91. The van der Waals surface area contributed by atoms with Crippen molar-refractivity contribution in [2.75, 3.05) is 13.2 Å². The number of hydrogen-bond acceptors (Lipinski definition) is 4. The molecule has 0 amide bonds. The predicted molar refractivity (Wildman–Crippen MR) is 60.6 cm³/mol.